The predicted octanol–water partition coefficient (Wildman–Crippen LogP) is 3.39. The smallest absolute Gasteiger partial charge is 0.270 e. The van der Waals surface area contributed by atoms with Crippen molar-refractivity contribution in [2.24, 2.45) is 5.92 Å². The number of rotatable bonds is 6. The molecule has 1 heterocycles. The molecule has 0 atom stereocenters. The van der Waals surface area contributed by atoms with E-state index in [1.165, 1.54) is 17.4 Å². The van der Waals surface area contributed by atoms with E-state index in [4.69, 9.17) is 4.74 Å². The fourth-order valence-corrected chi connectivity index (χ4v) is 2.29. The van der Waals surface area contributed by atoms with Gasteiger partial charge < -0.3 is 10.1 Å². The Morgan fingerprint density at radius 1 is 1.41 bits per heavy atom. The van der Waals surface area contributed by atoms with Gasteiger partial charge >= 0.3 is 0 Å². The van der Waals surface area contributed by atoms with Crippen molar-refractivity contribution in [2.75, 3.05) is 6.54 Å². The van der Waals surface area contributed by atoms with Crippen molar-refractivity contribution in [1.29, 1.82) is 0 Å². The number of thiazole rings is 1. The van der Waals surface area contributed by atoms with E-state index in [-0.39, 0.29) is 18.3 Å². The molecule has 0 spiro atoms. The van der Waals surface area contributed by atoms with Crippen molar-refractivity contribution in [3.05, 3.63) is 45.9 Å². The zero-order valence-electron chi connectivity index (χ0n) is 12.2. The summed E-state index contributed by atoms with van der Waals surface area (Å²) in [6, 6.07) is 3.08. The van der Waals surface area contributed by atoms with Crippen LogP contribution in [-0.2, 0) is 6.61 Å². The van der Waals surface area contributed by atoms with E-state index < -0.39 is 11.6 Å². The monoisotopic (exact) mass is 326 g/mol. The average Bonchev–Trinajstić information content (AvgIpc) is 2.92. The molecule has 4 nitrogen and oxygen atoms in total. The lowest BCUT2D eigenvalue weighted by atomic mass is 10.2. The maximum absolute atomic E-state index is 13.4. The van der Waals surface area contributed by atoms with Crippen molar-refractivity contribution in [3.63, 3.8) is 0 Å². The second kappa shape index (κ2) is 7.31. The Morgan fingerprint density at radius 2 is 2.18 bits per heavy atom. The summed E-state index contributed by atoms with van der Waals surface area (Å²) in [5, 5.41) is 4.92. The summed E-state index contributed by atoms with van der Waals surface area (Å²) < 4.78 is 31.4. The van der Waals surface area contributed by atoms with Crippen molar-refractivity contribution >= 4 is 17.2 Å². The molecule has 1 aromatic carbocycles. The highest BCUT2D eigenvalue weighted by atomic mass is 32.1. The van der Waals surface area contributed by atoms with Gasteiger partial charge in [0.05, 0.1) is 0 Å². The number of carbonyl (C=O) groups is 1. The molecule has 0 bridgehead atoms. The first kappa shape index (κ1) is 16.4. The van der Waals surface area contributed by atoms with Gasteiger partial charge in [-0.3, -0.25) is 4.79 Å². The highest BCUT2D eigenvalue weighted by molar-refractivity contribution is 7.09. The van der Waals surface area contributed by atoms with Crippen molar-refractivity contribution < 1.29 is 18.3 Å². The summed E-state index contributed by atoms with van der Waals surface area (Å²) in [4.78, 5) is 16.0. The van der Waals surface area contributed by atoms with Crippen molar-refractivity contribution in [3.8, 4) is 5.75 Å². The highest BCUT2D eigenvalue weighted by Gasteiger charge is 2.12. The number of halogens is 2. The van der Waals surface area contributed by atoms with Crippen LogP contribution in [0.15, 0.2) is 23.6 Å². The number of hydrogen-bond donors (Lipinski definition) is 1. The fraction of sp³-hybridized carbons (Fsp3) is 0.333. The molecule has 0 unspecified atom stereocenters. The maximum atomic E-state index is 13.4. The number of nitrogens with one attached hydrogen (secondary N) is 1. The van der Waals surface area contributed by atoms with Crippen molar-refractivity contribution in [2.45, 2.75) is 20.5 Å². The molecule has 0 radical (unpaired) electrons. The summed E-state index contributed by atoms with van der Waals surface area (Å²) in [6.45, 7) is 4.59. The van der Waals surface area contributed by atoms with Crippen LogP contribution in [0.1, 0.15) is 29.3 Å². The van der Waals surface area contributed by atoms with E-state index in [1.54, 1.807) is 5.38 Å². The van der Waals surface area contributed by atoms with Crippen LogP contribution in [0.2, 0.25) is 0 Å². The summed E-state index contributed by atoms with van der Waals surface area (Å²) in [6.07, 6.45) is 0. The molecule has 118 valence electrons. The molecule has 0 aliphatic rings. The van der Waals surface area contributed by atoms with Crippen LogP contribution in [0.25, 0.3) is 0 Å². The minimum Gasteiger partial charge on any atom is -0.483 e. The molecule has 0 saturated carbocycles. The molecule has 2 aromatic rings. The molecule has 22 heavy (non-hydrogen) atoms. The van der Waals surface area contributed by atoms with E-state index in [2.05, 4.69) is 10.3 Å². The molecule has 2 rings (SSSR count). The molecular formula is C15H16F2N2O2S. The van der Waals surface area contributed by atoms with E-state index in [0.717, 1.165) is 12.1 Å². The number of carbonyl (C=O) groups excluding carboxylic acids is 1. The zero-order chi connectivity index (χ0) is 16.1. The number of benzene rings is 1. The van der Waals surface area contributed by atoms with Crippen LogP contribution in [0, 0.1) is 17.6 Å². The molecule has 0 saturated heterocycles. The number of ether oxygens (including phenoxy) is 1. The van der Waals surface area contributed by atoms with Crippen LogP contribution >= 0.6 is 11.3 Å². The summed E-state index contributed by atoms with van der Waals surface area (Å²) in [7, 11) is 0. The topological polar surface area (TPSA) is 51.2 Å². The Bertz CT molecular complexity index is 659. The zero-order valence-corrected chi connectivity index (χ0v) is 13.0. The van der Waals surface area contributed by atoms with Gasteiger partial charge in [0.2, 0.25) is 0 Å². The largest absolute Gasteiger partial charge is 0.483 e. The third kappa shape index (κ3) is 4.49. The van der Waals surface area contributed by atoms with Crippen LogP contribution < -0.4 is 10.1 Å². The third-order valence-corrected chi connectivity index (χ3v) is 3.52. The maximum Gasteiger partial charge on any atom is 0.270 e. The predicted molar refractivity (Wildman–Crippen MR) is 80.0 cm³/mol. The highest BCUT2D eigenvalue weighted by Crippen LogP contribution is 2.20. The minimum atomic E-state index is -0.772. The van der Waals surface area contributed by atoms with E-state index in [0.29, 0.717) is 23.2 Å². The molecule has 1 aromatic heterocycles. The fourth-order valence-electron chi connectivity index (χ4n) is 1.60. The molecule has 0 fully saturated rings. The SMILES string of the molecule is CC(C)CNC(=O)c1csc(COc2ccc(F)cc2F)n1. The van der Waals surface area contributed by atoms with Gasteiger partial charge in [-0.2, -0.15) is 0 Å². The Hall–Kier alpha value is -2.02. The van der Waals surface area contributed by atoms with E-state index in [9.17, 15) is 13.6 Å². The summed E-state index contributed by atoms with van der Waals surface area (Å²) in [5.41, 5.74) is 0.309. The second-order valence-electron chi connectivity index (χ2n) is 5.09. The van der Waals surface area contributed by atoms with Gasteiger partial charge in [0, 0.05) is 18.0 Å². The van der Waals surface area contributed by atoms with Crippen molar-refractivity contribution in [1.82, 2.24) is 10.3 Å². The lowest BCUT2D eigenvalue weighted by molar-refractivity contribution is 0.0944. The summed E-state index contributed by atoms with van der Waals surface area (Å²) >= 11 is 1.25. The quantitative estimate of drug-likeness (QED) is 0.885. The van der Waals surface area contributed by atoms with Gasteiger partial charge in [-0.1, -0.05) is 13.8 Å². The van der Waals surface area contributed by atoms with Gasteiger partial charge in [-0.15, -0.1) is 11.3 Å². The normalized spacial score (nSPS) is 10.8. The lowest BCUT2D eigenvalue weighted by Gasteiger charge is -2.06. The van der Waals surface area contributed by atoms with E-state index in [1.807, 2.05) is 13.8 Å². The Labute approximate surface area is 131 Å². The molecule has 7 heteroatoms. The first-order valence-electron chi connectivity index (χ1n) is 6.76. The van der Waals surface area contributed by atoms with Gasteiger partial charge in [-0.25, -0.2) is 13.8 Å². The molecule has 0 aliphatic heterocycles. The van der Waals surface area contributed by atoms with Crippen LogP contribution in [0.3, 0.4) is 0 Å². The third-order valence-electron chi connectivity index (χ3n) is 2.70. The Balaban J connectivity index is 1.93. The number of hydrogen-bond acceptors (Lipinski definition) is 4. The first-order valence-corrected chi connectivity index (χ1v) is 7.64. The Kier molecular flexibility index (Phi) is 5.43. The number of aromatic nitrogens is 1. The van der Waals surface area contributed by atoms with Gasteiger partial charge in [0.25, 0.3) is 5.91 Å². The molecular weight excluding hydrogens is 310 g/mol. The van der Waals surface area contributed by atoms with Gasteiger partial charge in [-0.05, 0) is 18.1 Å². The van der Waals surface area contributed by atoms with Crippen LogP contribution in [0.5, 0.6) is 5.75 Å². The lowest BCUT2D eigenvalue weighted by Crippen LogP contribution is -2.27. The second-order valence-corrected chi connectivity index (χ2v) is 6.04. The van der Waals surface area contributed by atoms with E-state index >= 15 is 0 Å². The number of nitrogens with zero attached hydrogens (tertiary/aromatic N) is 1. The van der Waals surface area contributed by atoms with Gasteiger partial charge in [0.1, 0.15) is 23.1 Å². The molecule has 0 aliphatic carbocycles. The van der Waals surface area contributed by atoms with Crippen LogP contribution in [-0.4, -0.2) is 17.4 Å². The average molecular weight is 326 g/mol. The minimum absolute atomic E-state index is 0.0185. The summed E-state index contributed by atoms with van der Waals surface area (Å²) in [5.74, 6) is -1.38. The molecule has 1 N–H and O–H groups in total. The standard InChI is InChI=1S/C15H16F2N2O2S/c1-9(2)6-18-15(20)12-8-22-14(19-12)7-21-13-4-3-10(16)5-11(13)17/h3-5,8-9H,6-7H2,1-2H3,(H,18,20). The first-order chi connectivity index (χ1) is 10.5. The Morgan fingerprint density at radius 3 is 2.86 bits per heavy atom. The number of amides is 1. The molecule has 1 amide bonds. The van der Waals surface area contributed by atoms with Crippen LogP contribution in [0.4, 0.5) is 8.78 Å². The van der Waals surface area contributed by atoms with Gasteiger partial charge in [0.15, 0.2) is 11.6 Å².